The summed E-state index contributed by atoms with van der Waals surface area (Å²) < 4.78 is 0. The zero-order valence-electron chi connectivity index (χ0n) is 7.27. The summed E-state index contributed by atoms with van der Waals surface area (Å²) in [5, 5.41) is 18.0. The standard InChI is InChI=1S/C9H10ClNO3/c10-8-5(2-1-3-7(8)12)4-6(11)9(13)14/h1-3,6,12H,4,11H2,(H,13,14)/t6-/m1/s1. The molecule has 0 saturated carbocycles. The third kappa shape index (κ3) is 2.37. The molecule has 0 aromatic heterocycles. The smallest absolute Gasteiger partial charge is 0.320 e. The summed E-state index contributed by atoms with van der Waals surface area (Å²) in [5.41, 5.74) is 5.86. The number of halogens is 1. The maximum absolute atomic E-state index is 10.5. The molecule has 0 radical (unpaired) electrons. The van der Waals surface area contributed by atoms with Crippen molar-refractivity contribution in [1.29, 1.82) is 0 Å². The lowest BCUT2D eigenvalue weighted by Gasteiger charge is -2.08. The van der Waals surface area contributed by atoms with Crippen molar-refractivity contribution in [2.45, 2.75) is 12.5 Å². The number of rotatable bonds is 3. The number of carbonyl (C=O) groups is 1. The number of phenols is 1. The van der Waals surface area contributed by atoms with Crippen LogP contribution in [-0.2, 0) is 11.2 Å². The zero-order valence-corrected chi connectivity index (χ0v) is 8.03. The first-order chi connectivity index (χ1) is 6.52. The lowest BCUT2D eigenvalue weighted by Crippen LogP contribution is -2.32. The summed E-state index contributed by atoms with van der Waals surface area (Å²) in [5.74, 6) is -1.16. The second kappa shape index (κ2) is 4.30. The maximum Gasteiger partial charge on any atom is 0.320 e. The summed E-state index contributed by atoms with van der Waals surface area (Å²) >= 11 is 5.74. The molecule has 1 rings (SSSR count). The summed E-state index contributed by atoms with van der Waals surface area (Å²) in [6, 6.07) is 3.64. The molecule has 0 spiro atoms. The van der Waals surface area contributed by atoms with Crippen molar-refractivity contribution >= 4 is 17.6 Å². The number of phenolic OH excluding ortho intramolecular Hbond substituents is 1. The van der Waals surface area contributed by atoms with Gasteiger partial charge in [0.25, 0.3) is 0 Å². The summed E-state index contributed by atoms with van der Waals surface area (Å²) in [6.45, 7) is 0. The Kier molecular flexibility index (Phi) is 3.33. The van der Waals surface area contributed by atoms with Crippen molar-refractivity contribution in [3.63, 3.8) is 0 Å². The quantitative estimate of drug-likeness (QED) is 0.703. The Bertz CT molecular complexity index is 354. The predicted octanol–water partition coefficient (Wildman–Crippen LogP) is 1.00. The molecule has 0 amide bonds. The van der Waals surface area contributed by atoms with Crippen molar-refractivity contribution in [3.05, 3.63) is 28.8 Å². The molecule has 5 heteroatoms. The van der Waals surface area contributed by atoms with Gasteiger partial charge >= 0.3 is 5.97 Å². The van der Waals surface area contributed by atoms with E-state index in [-0.39, 0.29) is 17.2 Å². The van der Waals surface area contributed by atoms with Gasteiger partial charge in [0.05, 0.1) is 5.02 Å². The molecule has 76 valence electrons. The van der Waals surface area contributed by atoms with E-state index >= 15 is 0 Å². The number of aliphatic carboxylic acids is 1. The van der Waals surface area contributed by atoms with Gasteiger partial charge in [0.15, 0.2) is 0 Å². The molecule has 1 aromatic rings. The number of hydrogen-bond acceptors (Lipinski definition) is 3. The molecule has 4 N–H and O–H groups in total. The van der Waals surface area contributed by atoms with Gasteiger partial charge in [-0.2, -0.15) is 0 Å². The largest absolute Gasteiger partial charge is 0.506 e. The van der Waals surface area contributed by atoms with E-state index in [1.165, 1.54) is 6.07 Å². The fourth-order valence-corrected chi connectivity index (χ4v) is 1.25. The fourth-order valence-electron chi connectivity index (χ4n) is 1.05. The lowest BCUT2D eigenvalue weighted by molar-refractivity contribution is -0.138. The SMILES string of the molecule is N[C@H](Cc1cccc(O)c1Cl)C(=O)O. The van der Waals surface area contributed by atoms with E-state index in [0.29, 0.717) is 5.56 Å². The highest BCUT2D eigenvalue weighted by molar-refractivity contribution is 6.32. The normalized spacial score (nSPS) is 12.4. The minimum Gasteiger partial charge on any atom is -0.506 e. The van der Waals surface area contributed by atoms with E-state index in [2.05, 4.69) is 0 Å². The van der Waals surface area contributed by atoms with Gasteiger partial charge in [0.1, 0.15) is 11.8 Å². The molecule has 0 aliphatic carbocycles. The molecule has 0 unspecified atom stereocenters. The van der Waals surface area contributed by atoms with Gasteiger partial charge in [0.2, 0.25) is 0 Å². The first-order valence-corrected chi connectivity index (χ1v) is 4.35. The highest BCUT2D eigenvalue weighted by atomic mass is 35.5. The Morgan fingerprint density at radius 2 is 2.21 bits per heavy atom. The second-order valence-corrected chi connectivity index (χ2v) is 3.28. The van der Waals surface area contributed by atoms with Crippen LogP contribution in [0.4, 0.5) is 0 Å². The molecule has 4 nitrogen and oxygen atoms in total. The molecule has 0 aliphatic heterocycles. The van der Waals surface area contributed by atoms with Crippen LogP contribution in [0.15, 0.2) is 18.2 Å². The molecular formula is C9H10ClNO3. The van der Waals surface area contributed by atoms with Crippen molar-refractivity contribution in [2.75, 3.05) is 0 Å². The van der Waals surface area contributed by atoms with Crippen molar-refractivity contribution in [2.24, 2.45) is 5.73 Å². The van der Waals surface area contributed by atoms with Crippen molar-refractivity contribution in [1.82, 2.24) is 0 Å². The molecule has 0 heterocycles. The van der Waals surface area contributed by atoms with Gasteiger partial charge in [-0.1, -0.05) is 23.7 Å². The topological polar surface area (TPSA) is 83.5 Å². The zero-order chi connectivity index (χ0) is 10.7. The van der Waals surface area contributed by atoms with Gasteiger partial charge in [-0.3, -0.25) is 4.79 Å². The van der Waals surface area contributed by atoms with E-state index in [1.807, 2.05) is 0 Å². The molecule has 14 heavy (non-hydrogen) atoms. The average Bonchev–Trinajstić information content (AvgIpc) is 2.12. The summed E-state index contributed by atoms with van der Waals surface area (Å²) in [4.78, 5) is 10.5. The lowest BCUT2D eigenvalue weighted by atomic mass is 10.1. The molecule has 1 aromatic carbocycles. The number of aromatic hydroxyl groups is 1. The van der Waals surface area contributed by atoms with E-state index in [0.717, 1.165) is 0 Å². The summed E-state index contributed by atoms with van der Waals surface area (Å²) in [6.07, 6.45) is 0.0998. The molecule has 1 atom stereocenters. The van der Waals surface area contributed by atoms with Crippen LogP contribution in [0.25, 0.3) is 0 Å². The average molecular weight is 216 g/mol. The van der Waals surface area contributed by atoms with Crippen LogP contribution in [0, 0.1) is 0 Å². The van der Waals surface area contributed by atoms with Crippen LogP contribution >= 0.6 is 11.6 Å². The van der Waals surface area contributed by atoms with Crippen molar-refractivity contribution < 1.29 is 15.0 Å². The minimum atomic E-state index is -1.09. The maximum atomic E-state index is 10.5. The fraction of sp³-hybridized carbons (Fsp3) is 0.222. The monoisotopic (exact) mass is 215 g/mol. The number of nitrogens with two attached hydrogens (primary N) is 1. The number of carboxylic acids is 1. The van der Waals surface area contributed by atoms with Gasteiger partial charge in [-0.15, -0.1) is 0 Å². The van der Waals surface area contributed by atoms with E-state index in [9.17, 15) is 9.90 Å². The number of benzene rings is 1. The van der Waals surface area contributed by atoms with E-state index in [1.54, 1.807) is 12.1 Å². The van der Waals surface area contributed by atoms with Crippen LogP contribution in [0.2, 0.25) is 5.02 Å². The Morgan fingerprint density at radius 3 is 2.79 bits per heavy atom. The van der Waals surface area contributed by atoms with Crippen LogP contribution < -0.4 is 5.73 Å². The van der Waals surface area contributed by atoms with Crippen LogP contribution in [0.1, 0.15) is 5.56 Å². The third-order valence-corrected chi connectivity index (χ3v) is 2.25. The van der Waals surface area contributed by atoms with E-state index in [4.69, 9.17) is 22.4 Å². The predicted molar refractivity (Wildman–Crippen MR) is 52.4 cm³/mol. The molecule has 0 fully saturated rings. The number of hydrogen-bond donors (Lipinski definition) is 3. The summed E-state index contributed by atoms with van der Waals surface area (Å²) in [7, 11) is 0. The Morgan fingerprint density at radius 1 is 1.57 bits per heavy atom. The Labute approximate surface area is 85.9 Å². The first-order valence-electron chi connectivity index (χ1n) is 3.97. The number of carboxylic acid groups (broad SMARTS) is 1. The molecule has 0 aliphatic rings. The van der Waals surface area contributed by atoms with Gasteiger partial charge in [-0.05, 0) is 18.1 Å². The van der Waals surface area contributed by atoms with Crippen LogP contribution in [0.3, 0.4) is 0 Å². The third-order valence-electron chi connectivity index (χ3n) is 1.82. The first kappa shape index (κ1) is 10.8. The van der Waals surface area contributed by atoms with Gasteiger partial charge < -0.3 is 15.9 Å². The minimum absolute atomic E-state index is 0.0678. The van der Waals surface area contributed by atoms with Crippen molar-refractivity contribution in [3.8, 4) is 5.75 Å². The second-order valence-electron chi connectivity index (χ2n) is 2.90. The van der Waals surface area contributed by atoms with Crippen LogP contribution in [-0.4, -0.2) is 22.2 Å². The van der Waals surface area contributed by atoms with E-state index < -0.39 is 12.0 Å². The highest BCUT2D eigenvalue weighted by Gasteiger charge is 2.14. The highest BCUT2D eigenvalue weighted by Crippen LogP contribution is 2.27. The molecule has 0 bridgehead atoms. The molecular weight excluding hydrogens is 206 g/mol. The Balaban J connectivity index is 2.87. The van der Waals surface area contributed by atoms with Gasteiger partial charge in [-0.25, -0.2) is 0 Å². The molecule has 0 saturated heterocycles. The van der Waals surface area contributed by atoms with Crippen LogP contribution in [0.5, 0.6) is 5.75 Å². The van der Waals surface area contributed by atoms with Gasteiger partial charge in [0, 0.05) is 0 Å². The Hall–Kier alpha value is -1.26.